The van der Waals surface area contributed by atoms with Crippen molar-refractivity contribution >= 4 is 11.8 Å². The fourth-order valence-corrected chi connectivity index (χ4v) is 4.04. The van der Waals surface area contributed by atoms with Crippen molar-refractivity contribution in [3.63, 3.8) is 0 Å². The van der Waals surface area contributed by atoms with Crippen molar-refractivity contribution in [3.8, 4) is 0 Å². The monoisotopic (exact) mass is 347 g/mol. The Morgan fingerprint density at radius 1 is 1.36 bits per heavy atom. The molecule has 0 aliphatic carbocycles. The van der Waals surface area contributed by atoms with Crippen LogP contribution in [0.2, 0.25) is 0 Å². The van der Waals surface area contributed by atoms with Gasteiger partial charge in [0.05, 0.1) is 12.0 Å². The molecule has 0 unspecified atom stereocenters. The Labute approximate surface area is 147 Å². The second-order valence-electron chi connectivity index (χ2n) is 7.09. The number of rotatable bonds is 4. The van der Waals surface area contributed by atoms with E-state index in [0.29, 0.717) is 38.5 Å². The lowest BCUT2D eigenvalue weighted by Gasteiger charge is -2.26. The summed E-state index contributed by atoms with van der Waals surface area (Å²) in [6.07, 6.45) is 0.758. The maximum atomic E-state index is 12.9. The Morgan fingerprint density at radius 2 is 2.12 bits per heavy atom. The molecule has 25 heavy (non-hydrogen) atoms. The Balaban J connectivity index is 1.80. The van der Waals surface area contributed by atoms with E-state index in [-0.39, 0.29) is 23.3 Å². The summed E-state index contributed by atoms with van der Waals surface area (Å²) in [5, 5.41) is 0. The first-order valence-corrected chi connectivity index (χ1v) is 8.64. The summed E-state index contributed by atoms with van der Waals surface area (Å²) in [7, 11) is 3.22. The number of ether oxygens (including phenoxy) is 1. The summed E-state index contributed by atoms with van der Waals surface area (Å²) in [5.74, 6) is 0.0265. The van der Waals surface area contributed by atoms with Gasteiger partial charge in [-0.15, -0.1) is 0 Å². The maximum absolute atomic E-state index is 12.9. The number of carbonyl (C=O) groups is 2. The molecule has 0 radical (unpaired) electrons. The molecule has 2 atom stereocenters. The van der Waals surface area contributed by atoms with Crippen LogP contribution in [0.1, 0.15) is 23.8 Å². The van der Waals surface area contributed by atoms with Gasteiger partial charge in [0.15, 0.2) is 0 Å². The molecule has 1 spiro atoms. The summed E-state index contributed by atoms with van der Waals surface area (Å²) < 4.78 is 6.44. The molecule has 3 rings (SSSR count). The highest BCUT2D eigenvalue weighted by Gasteiger charge is 2.55. The molecule has 1 aromatic rings. The van der Waals surface area contributed by atoms with E-state index in [1.54, 1.807) is 31.2 Å². The number of hydrogen-bond acceptors (Lipinski definition) is 4. The molecule has 136 valence electrons. The first-order chi connectivity index (χ1) is 11.9. The number of hydrogen-bond donors (Lipinski definition) is 0. The average Bonchev–Trinajstić information content (AvgIpc) is 3.10. The van der Waals surface area contributed by atoms with Gasteiger partial charge < -0.3 is 19.1 Å². The van der Waals surface area contributed by atoms with E-state index in [2.05, 4.69) is 0 Å². The van der Waals surface area contributed by atoms with E-state index in [1.165, 1.54) is 10.6 Å². The third kappa shape index (κ3) is 2.86. The van der Waals surface area contributed by atoms with Crippen molar-refractivity contribution < 1.29 is 14.3 Å². The van der Waals surface area contributed by atoms with Gasteiger partial charge in [0.25, 0.3) is 11.5 Å². The van der Waals surface area contributed by atoms with Gasteiger partial charge in [0, 0.05) is 46.4 Å². The first kappa shape index (κ1) is 17.7. The highest BCUT2D eigenvalue weighted by molar-refractivity contribution is 5.94. The van der Waals surface area contributed by atoms with Crippen molar-refractivity contribution in [2.45, 2.75) is 13.3 Å². The normalized spacial score (nSPS) is 26.0. The Bertz CT molecular complexity index is 744. The van der Waals surface area contributed by atoms with Crippen molar-refractivity contribution in [1.82, 2.24) is 14.4 Å². The molecule has 7 nitrogen and oxygen atoms in total. The van der Waals surface area contributed by atoms with Crippen LogP contribution < -0.4 is 5.56 Å². The summed E-state index contributed by atoms with van der Waals surface area (Å²) in [6.45, 7) is 4.80. The summed E-state index contributed by atoms with van der Waals surface area (Å²) >= 11 is 0. The average molecular weight is 347 g/mol. The predicted octanol–water partition coefficient (Wildman–Crippen LogP) is 0.342. The second-order valence-corrected chi connectivity index (χ2v) is 7.09. The van der Waals surface area contributed by atoms with E-state index in [0.717, 1.165) is 6.42 Å². The second kappa shape index (κ2) is 6.63. The van der Waals surface area contributed by atoms with Crippen molar-refractivity contribution in [2.75, 3.05) is 39.9 Å². The van der Waals surface area contributed by atoms with Crippen molar-refractivity contribution in [2.24, 2.45) is 18.4 Å². The highest BCUT2D eigenvalue weighted by Crippen LogP contribution is 2.44. The van der Waals surface area contributed by atoms with Crippen LogP contribution in [0.4, 0.5) is 0 Å². The number of amides is 2. The molecule has 2 aliphatic rings. The Kier molecular flexibility index (Phi) is 4.69. The zero-order valence-corrected chi connectivity index (χ0v) is 15.0. The van der Waals surface area contributed by atoms with Crippen LogP contribution in [0.5, 0.6) is 0 Å². The standard InChI is InChI=1S/C18H25N3O4/c1-13-11-21(16(23)14-5-4-6-15(22)19(14)2)12-18(13)7-8-20(17(18)24)9-10-25-3/h4-6,13H,7-12H2,1-3H3/t13-,18-/m1/s1. The summed E-state index contributed by atoms with van der Waals surface area (Å²) in [5.41, 5.74) is -0.356. The zero-order chi connectivity index (χ0) is 18.2. The van der Waals surface area contributed by atoms with E-state index in [1.807, 2.05) is 11.8 Å². The summed E-state index contributed by atoms with van der Waals surface area (Å²) in [4.78, 5) is 41.2. The molecular weight excluding hydrogens is 322 g/mol. The van der Waals surface area contributed by atoms with Gasteiger partial charge in [-0.1, -0.05) is 13.0 Å². The van der Waals surface area contributed by atoms with Gasteiger partial charge in [-0.05, 0) is 18.4 Å². The highest BCUT2D eigenvalue weighted by atomic mass is 16.5. The van der Waals surface area contributed by atoms with E-state index < -0.39 is 5.41 Å². The number of likely N-dealkylation sites (tertiary alicyclic amines) is 2. The van der Waals surface area contributed by atoms with E-state index in [9.17, 15) is 14.4 Å². The van der Waals surface area contributed by atoms with Gasteiger partial charge >= 0.3 is 0 Å². The van der Waals surface area contributed by atoms with Crippen LogP contribution in [0.3, 0.4) is 0 Å². The zero-order valence-electron chi connectivity index (χ0n) is 15.0. The topological polar surface area (TPSA) is 71.8 Å². The molecule has 0 aromatic carbocycles. The number of nitrogens with zero attached hydrogens (tertiary/aromatic N) is 3. The molecule has 2 fully saturated rings. The minimum atomic E-state index is -0.503. The largest absolute Gasteiger partial charge is 0.383 e. The molecule has 7 heteroatoms. The molecule has 0 N–H and O–H groups in total. The SMILES string of the molecule is COCCN1CC[C@]2(CN(C(=O)c3cccc(=O)n3C)C[C@H]2C)C1=O. The molecule has 2 saturated heterocycles. The maximum Gasteiger partial charge on any atom is 0.270 e. The first-order valence-electron chi connectivity index (χ1n) is 8.64. The Hall–Kier alpha value is -2.15. The van der Waals surface area contributed by atoms with Crippen LogP contribution in [-0.2, 0) is 16.6 Å². The minimum Gasteiger partial charge on any atom is -0.383 e. The van der Waals surface area contributed by atoms with Crippen LogP contribution in [0.25, 0.3) is 0 Å². The van der Waals surface area contributed by atoms with Crippen LogP contribution in [0.15, 0.2) is 23.0 Å². The number of aromatic nitrogens is 1. The third-order valence-corrected chi connectivity index (χ3v) is 5.71. The lowest BCUT2D eigenvalue weighted by atomic mass is 9.78. The van der Waals surface area contributed by atoms with Gasteiger partial charge in [-0.3, -0.25) is 14.4 Å². The number of carbonyl (C=O) groups excluding carboxylic acids is 2. The fourth-order valence-electron chi connectivity index (χ4n) is 4.04. The molecule has 0 saturated carbocycles. The third-order valence-electron chi connectivity index (χ3n) is 5.71. The number of pyridine rings is 1. The fraction of sp³-hybridized carbons (Fsp3) is 0.611. The van der Waals surface area contributed by atoms with Gasteiger partial charge in [-0.2, -0.15) is 0 Å². The molecule has 1 aromatic heterocycles. The quantitative estimate of drug-likeness (QED) is 0.788. The summed E-state index contributed by atoms with van der Waals surface area (Å²) in [6, 6.07) is 4.68. The molecular formula is C18H25N3O4. The lowest BCUT2D eigenvalue weighted by molar-refractivity contribution is -0.137. The molecule has 3 heterocycles. The van der Waals surface area contributed by atoms with Crippen LogP contribution in [0, 0.1) is 11.3 Å². The van der Waals surface area contributed by atoms with Gasteiger partial charge in [0.2, 0.25) is 5.91 Å². The molecule has 0 bridgehead atoms. The predicted molar refractivity (Wildman–Crippen MR) is 92.3 cm³/mol. The van der Waals surface area contributed by atoms with E-state index >= 15 is 0 Å². The van der Waals surface area contributed by atoms with E-state index in [4.69, 9.17) is 4.74 Å². The van der Waals surface area contributed by atoms with Crippen LogP contribution in [-0.4, -0.2) is 66.1 Å². The smallest absolute Gasteiger partial charge is 0.270 e. The molecule has 2 aliphatic heterocycles. The number of methoxy groups -OCH3 is 1. The lowest BCUT2D eigenvalue weighted by Crippen LogP contribution is -2.41. The van der Waals surface area contributed by atoms with Crippen molar-refractivity contribution in [3.05, 3.63) is 34.2 Å². The Morgan fingerprint density at radius 3 is 2.84 bits per heavy atom. The molecule has 2 amide bonds. The van der Waals surface area contributed by atoms with Crippen molar-refractivity contribution in [1.29, 1.82) is 0 Å². The minimum absolute atomic E-state index is 0.0947. The van der Waals surface area contributed by atoms with Gasteiger partial charge in [-0.25, -0.2) is 0 Å². The van der Waals surface area contributed by atoms with Gasteiger partial charge in [0.1, 0.15) is 5.69 Å². The van der Waals surface area contributed by atoms with Crippen LogP contribution >= 0.6 is 0 Å².